The van der Waals surface area contributed by atoms with Crippen LogP contribution in [0, 0.1) is 0 Å². The summed E-state index contributed by atoms with van der Waals surface area (Å²) in [7, 11) is 0. The molecule has 0 fully saturated rings. The molecular formula is C32H30N2O5. The van der Waals surface area contributed by atoms with Gasteiger partial charge in [0.2, 0.25) is 0 Å². The molecule has 0 spiro atoms. The zero-order chi connectivity index (χ0) is 27.0. The van der Waals surface area contributed by atoms with Gasteiger partial charge >= 0.3 is 5.97 Å². The van der Waals surface area contributed by atoms with Crippen LogP contribution < -0.4 is 15.2 Å². The van der Waals surface area contributed by atoms with E-state index in [0.29, 0.717) is 36.8 Å². The summed E-state index contributed by atoms with van der Waals surface area (Å²) in [6.45, 7) is 3.21. The fraction of sp³-hybridized carbons (Fsp3) is 0.188. The number of rotatable bonds is 11. The number of carbonyl (C=O) groups excluding carboxylic acids is 1. The van der Waals surface area contributed by atoms with E-state index in [0.717, 1.165) is 38.8 Å². The normalized spacial score (nSPS) is 10.9. The maximum Gasteiger partial charge on any atom is 0.310 e. The molecule has 7 nitrogen and oxygen atoms in total. The summed E-state index contributed by atoms with van der Waals surface area (Å²) in [5, 5.41) is 0.887. The Kier molecular flexibility index (Phi) is 8.19. The van der Waals surface area contributed by atoms with Crippen molar-refractivity contribution in [1.29, 1.82) is 0 Å². The average molecular weight is 523 g/mol. The van der Waals surface area contributed by atoms with Gasteiger partial charge in [0.25, 0.3) is 0 Å². The molecule has 5 rings (SSSR count). The largest absolute Gasteiger partial charge is 0.488 e. The van der Waals surface area contributed by atoms with E-state index in [1.165, 1.54) is 0 Å². The number of hydrogen-bond acceptors (Lipinski definition) is 7. The first kappa shape index (κ1) is 26.0. The second-order valence-electron chi connectivity index (χ2n) is 9.04. The number of carbonyl (C=O) groups is 1. The Balaban J connectivity index is 1.47. The lowest BCUT2D eigenvalue weighted by atomic mass is 10.00. The summed E-state index contributed by atoms with van der Waals surface area (Å²) in [6, 6.07) is 23.5. The van der Waals surface area contributed by atoms with E-state index in [-0.39, 0.29) is 19.0 Å². The lowest BCUT2D eigenvalue weighted by molar-refractivity contribution is -0.142. The third kappa shape index (κ3) is 6.27. The third-order valence-electron chi connectivity index (χ3n) is 6.36. The highest BCUT2D eigenvalue weighted by Crippen LogP contribution is 2.37. The minimum absolute atomic E-state index is 0.144. The van der Waals surface area contributed by atoms with Gasteiger partial charge in [0.1, 0.15) is 19.0 Å². The molecule has 7 heteroatoms. The highest BCUT2D eigenvalue weighted by atomic mass is 16.5. The summed E-state index contributed by atoms with van der Waals surface area (Å²) < 4.78 is 23.6. The van der Waals surface area contributed by atoms with Crippen LogP contribution in [0.3, 0.4) is 0 Å². The third-order valence-corrected chi connectivity index (χ3v) is 6.36. The minimum Gasteiger partial charge on any atom is -0.488 e. The fourth-order valence-electron chi connectivity index (χ4n) is 4.37. The summed E-state index contributed by atoms with van der Waals surface area (Å²) in [4.78, 5) is 16.2. The van der Waals surface area contributed by atoms with Crippen molar-refractivity contribution in [3.63, 3.8) is 0 Å². The molecule has 0 bridgehead atoms. The molecule has 5 aromatic rings. The number of pyridine rings is 1. The highest BCUT2D eigenvalue weighted by Gasteiger charge is 2.17. The Morgan fingerprint density at radius 2 is 1.67 bits per heavy atom. The number of nitrogens with two attached hydrogens (primary N) is 1. The summed E-state index contributed by atoms with van der Waals surface area (Å²) >= 11 is 0. The van der Waals surface area contributed by atoms with Crippen LogP contribution >= 0.6 is 0 Å². The molecule has 0 unspecified atom stereocenters. The van der Waals surface area contributed by atoms with E-state index >= 15 is 0 Å². The molecule has 2 aromatic heterocycles. The number of benzene rings is 3. The lowest BCUT2D eigenvalue weighted by Crippen LogP contribution is -2.09. The van der Waals surface area contributed by atoms with Crippen LogP contribution in [0.4, 0.5) is 0 Å². The van der Waals surface area contributed by atoms with E-state index < -0.39 is 0 Å². The molecule has 0 aliphatic rings. The smallest absolute Gasteiger partial charge is 0.310 e. The monoisotopic (exact) mass is 522 g/mol. The minimum atomic E-state index is -0.289. The molecule has 2 heterocycles. The molecule has 0 saturated heterocycles. The quantitative estimate of drug-likeness (QED) is 0.206. The first-order valence-corrected chi connectivity index (χ1v) is 12.9. The molecular weight excluding hydrogens is 492 g/mol. The van der Waals surface area contributed by atoms with E-state index in [9.17, 15) is 4.79 Å². The fourth-order valence-corrected chi connectivity index (χ4v) is 4.37. The Morgan fingerprint density at radius 3 is 2.49 bits per heavy atom. The van der Waals surface area contributed by atoms with Crippen molar-refractivity contribution in [2.75, 3.05) is 6.61 Å². The van der Waals surface area contributed by atoms with Gasteiger partial charge in [0.05, 0.1) is 19.3 Å². The Bertz CT molecular complexity index is 1560. The molecule has 39 heavy (non-hydrogen) atoms. The topological polar surface area (TPSA) is 96.8 Å². The number of fused-ring (bicyclic) bond motifs is 1. The number of nitrogens with zero attached hydrogens (tertiary/aromatic N) is 1. The maximum absolute atomic E-state index is 12.1. The Hall–Kier alpha value is -4.62. The van der Waals surface area contributed by atoms with Gasteiger partial charge in [-0.25, -0.2) is 0 Å². The van der Waals surface area contributed by atoms with E-state index in [2.05, 4.69) is 23.2 Å². The van der Waals surface area contributed by atoms with Crippen molar-refractivity contribution in [2.45, 2.75) is 33.1 Å². The van der Waals surface area contributed by atoms with Crippen LogP contribution in [0.2, 0.25) is 0 Å². The molecule has 0 saturated carbocycles. The number of furan rings is 1. The molecule has 0 atom stereocenters. The van der Waals surface area contributed by atoms with Crippen LogP contribution in [0.25, 0.3) is 22.1 Å². The van der Waals surface area contributed by atoms with Crippen molar-refractivity contribution in [2.24, 2.45) is 5.73 Å². The Morgan fingerprint density at radius 1 is 0.846 bits per heavy atom. The maximum atomic E-state index is 12.1. The van der Waals surface area contributed by atoms with Gasteiger partial charge < -0.3 is 24.4 Å². The number of hydrogen-bond donors (Lipinski definition) is 1. The number of ether oxygens (including phenoxy) is 3. The van der Waals surface area contributed by atoms with Crippen molar-refractivity contribution in [1.82, 2.24) is 4.98 Å². The second-order valence-corrected chi connectivity index (χ2v) is 9.04. The van der Waals surface area contributed by atoms with Crippen molar-refractivity contribution < 1.29 is 23.4 Å². The first-order chi connectivity index (χ1) is 19.1. The van der Waals surface area contributed by atoms with Gasteiger partial charge in [0.15, 0.2) is 11.3 Å². The highest BCUT2D eigenvalue weighted by molar-refractivity contribution is 5.91. The van der Waals surface area contributed by atoms with Crippen molar-refractivity contribution in [3.8, 4) is 22.6 Å². The van der Waals surface area contributed by atoms with E-state index in [1.54, 1.807) is 25.6 Å². The molecule has 198 valence electrons. The predicted octanol–water partition coefficient (Wildman–Crippen LogP) is 6.22. The van der Waals surface area contributed by atoms with Gasteiger partial charge in [-0.05, 0) is 65.6 Å². The summed E-state index contributed by atoms with van der Waals surface area (Å²) in [6.07, 6.45) is 5.32. The van der Waals surface area contributed by atoms with Crippen molar-refractivity contribution >= 4 is 16.9 Å². The molecule has 0 radical (unpaired) electrons. The molecule has 0 amide bonds. The molecule has 0 aliphatic carbocycles. The second kappa shape index (κ2) is 12.3. The molecule has 3 aromatic carbocycles. The van der Waals surface area contributed by atoms with E-state index in [4.69, 9.17) is 24.4 Å². The standard InChI is InChI=1S/C32H30N2O5/c1-2-36-31(35)17-25-7-3-4-9-29(25)38-20-27-21-39-32-28(27)15-26(24-8-5-6-23(14-24)18-33)16-30(32)37-19-22-10-12-34-13-11-22/h3-16,21H,2,17-20,33H2,1H3. The number of aromatic nitrogens is 1. The van der Waals surface area contributed by atoms with Gasteiger partial charge in [-0.3, -0.25) is 9.78 Å². The van der Waals surface area contributed by atoms with Crippen LogP contribution in [-0.2, 0) is 35.7 Å². The van der Waals surface area contributed by atoms with Gasteiger partial charge in [0, 0.05) is 35.5 Å². The lowest BCUT2D eigenvalue weighted by Gasteiger charge is -2.12. The first-order valence-electron chi connectivity index (χ1n) is 12.9. The summed E-state index contributed by atoms with van der Waals surface area (Å²) in [5.41, 5.74) is 12.2. The van der Waals surface area contributed by atoms with Crippen LogP contribution in [-0.4, -0.2) is 17.6 Å². The Labute approximate surface area is 227 Å². The van der Waals surface area contributed by atoms with Gasteiger partial charge in [-0.1, -0.05) is 36.4 Å². The van der Waals surface area contributed by atoms with Crippen LogP contribution in [0.5, 0.6) is 11.5 Å². The van der Waals surface area contributed by atoms with Crippen LogP contribution in [0.1, 0.15) is 29.2 Å². The van der Waals surface area contributed by atoms with Crippen LogP contribution in [0.15, 0.2) is 95.9 Å². The number of para-hydroxylation sites is 1. The average Bonchev–Trinajstić information content (AvgIpc) is 3.39. The SMILES string of the molecule is CCOC(=O)Cc1ccccc1OCc1coc2c(OCc3ccncc3)cc(-c3cccc(CN)c3)cc12. The molecule has 2 N–H and O–H groups in total. The van der Waals surface area contributed by atoms with Crippen molar-refractivity contribution in [3.05, 3.63) is 114 Å². The molecule has 0 aliphatic heterocycles. The zero-order valence-corrected chi connectivity index (χ0v) is 21.8. The van der Waals surface area contributed by atoms with Gasteiger partial charge in [-0.15, -0.1) is 0 Å². The number of esters is 1. The zero-order valence-electron chi connectivity index (χ0n) is 21.8. The van der Waals surface area contributed by atoms with Gasteiger partial charge in [-0.2, -0.15) is 0 Å². The summed E-state index contributed by atoms with van der Waals surface area (Å²) in [5.74, 6) is 0.968. The predicted molar refractivity (Wildman–Crippen MR) is 149 cm³/mol. The van der Waals surface area contributed by atoms with E-state index in [1.807, 2.05) is 54.6 Å².